The lowest BCUT2D eigenvalue weighted by atomic mass is 9.99. The van der Waals surface area contributed by atoms with Gasteiger partial charge >= 0.3 is 0 Å². The molecule has 0 unspecified atom stereocenters. The van der Waals surface area contributed by atoms with Crippen LogP contribution in [0.4, 0.5) is 0 Å². The van der Waals surface area contributed by atoms with Crippen LogP contribution in [0.5, 0.6) is 0 Å². The fraction of sp³-hybridized carbons (Fsp3) is 0.188. The number of aryl methyl sites for hydroxylation is 1. The molecule has 2 rings (SSSR count). The number of hydrogen-bond acceptors (Lipinski definition) is 1. The van der Waals surface area contributed by atoms with Crippen LogP contribution in [0.2, 0.25) is 0 Å². The number of hydrogen-bond donors (Lipinski definition) is 0. The highest BCUT2D eigenvalue weighted by Gasteiger charge is 2.05. The van der Waals surface area contributed by atoms with Crippen LogP contribution in [0, 0.1) is 0 Å². The van der Waals surface area contributed by atoms with Gasteiger partial charge in [0.2, 0.25) is 0 Å². The highest BCUT2D eigenvalue weighted by atomic mass is 79.9. The number of allylic oxidation sites excluding steroid dienone is 5. The summed E-state index contributed by atoms with van der Waals surface area (Å²) in [7, 11) is 1.96. The van der Waals surface area contributed by atoms with Gasteiger partial charge in [0, 0.05) is 16.9 Å². The molecule has 1 aromatic carbocycles. The molecule has 0 aliphatic heterocycles. The summed E-state index contributed by atoms with van der Waals surface area (Å²) >= 11 is 3.49. The van der Waals surface area contributed by atoms with Gasteiger partial charge in [0.1, 0.15) is 0 Å². The molecule has 0 radical (unpaired) electrons. The largest absolute Gasteiger partial charge is 0.268 e. The molecule has 2 nitrogen and oxygen atoms in total. The average molecular weight is 317 g/mol. The lowest BCUT2D eigenvalue weighted by Gasteiger charge is -2.07. The molecule has 0 atom stereocenters. The molecule has 0 spiro atoms. The molecule has 0 aliphatic carbocycles. The summed E-state index contributed by atoms with van der Waals surface area (Å²) in [6.45, 7) is 8.00. The van der Waals surface area contributed by atoms with E-state index in [1.807, 2.05) is 17.9 Å². The third kappa shape index (κ3) is 2.87. The van der Waals surface area contributed by atoms with Crippen molar-refractivity contribution in [2.75, 3.05) is 0 Å². The Labute approximate surface area is 122 Å². The van der Waals surface area contributed by atoms with Crippen LogP contribution in [0.1, 0.15) is 19.4 Å². The normalized spacial score (nSPS) is 11.7. The second-order valence-corrected chi connectivity index (χ2v) is 5.60. The first-order valence-corrected chi connectivity index (χ1v) is 6.91. The lowest BCUT2D eigenvalue weighted by molar-refractivity contribution is 0.797. The third-order valence-corrected chi connectivity index (χ3v) is 3.63. The summed E-state index contributed by atoms with van der Waals surface area (Å²) in [5, 5.41) is 5.43. The Morgan fingerprint density at radius 2 is 2.11 bits per heavy atom. The molecule has 98 valence electrons. The van der Waals surface area contributed by atoms with Gasteiger partial charge in [0.05, 0.1) is 11.7 Å². The fourth-order valence-corrected chi connectivity index (χ4v) is 2.27. The monoisotopic (exact) mass is 316 g/mol. The molecular formula is C16H17BrN2. The maximum Gasteiger partial charge on any atom is 0.0679 e. The molecular weight excluding hydrogens is 300 g/mol. The number of benzene rings is 1. The molecule has 0 bridgehead atoms. The van der Waals surface area contributed by atoms with Gasteiger partial charge in [0.25, 0.3) is 0 Å². The van der Waals surface area contributed by atoms with Crippen molar-refractivity contribution >= 4 is 32.4 Å². The third-order valence-electron chi connectivity index (χ3n) is 3.07. The van der Waals surface area contributed by atoms with E-state index in [1.165, 1.54) is 16.7 Å². The zero-order valence-corrected chi connectivity index (χ0v) is 13.0. The Morgan fingerprint density at radius 3 is 2.74 bits per heavy atom. The summed E-state index contributed by atoms with van der Waals surface area (Å²) in [6.07, 6.45) is 5.79. The first-order chi connectivity index (χ1) is 9.02. The molecule has 0 fully saturated rings. The van der Waals surface area contributed by atoms with Gasteiger partial charge < -0.3 is 0 Å². The predicted octanol–water partition coefficient (Wildman–Crippen LogP) is 4.83. The topological polar surface area (TPSA) is 17.8 Å². The van der Waals surface area contributed by atoms with Crippen LogP contribution in [-0.2, 0) is 7.05 Å². The van der Waals surface area contributed by atoms with E-state index in [0.717, 1.165) is 15.4 Å². The Bertz CT molecular complexity index is 686. The Morgan fingerprint density at radius 1 is 1.37 bits per heavy atom. The quantitative estimate of drug-likeness (QED) is 0.741. The van der Waals surface area contributed by atoms with Gasteiger partial charge in [0.15, 0.2) is 0 Å². The Kier molecular flexibility index (Phi) is 4.05. The van der Waals surface area contributed by atoms with E-state index in [-0.39, 0.29) is 0 Å². The summed E-state index contributed by atoms with van der Waals surface area (Å²) in [6, 6.07) is 6.41. The van der Waals surface area contributed by atoms with E-state index in [1.54, 1.807) is 6.08 Å². The number of aromatic nitrogens is 2. The number of rotatable bonds is 3. The van der Waals surface area contributed by atoms with Crippen molar-refractivity contribution in [3.8, 4) is 0 Å². The SMILES string of the molecule is C=C/C(Br)=C\C(=C(C)C)c1ccc2c(cnn2C)c1. The minimum absolute atomic E-state index is 0.981. The van der Waals surface area contributed by atoms with Crippen molar-refractivity contribution in [3.05, 3.63) is 58.7 Å². The van der Waals surface area contributed by atoms with E-state index in [2.05, 4.69) is 65.7 Å². The van der Waals surface area contributed by atoms with E-state index in [4.69, 9.17) is 0 Å². The van der Waals surface area contributed by atoms with Gasteiger partial charge in [-0.1, -0.05) is 40.2 Å². The van der Waals surface area contributed by atoms with Crippen LogP contribution in [0.25, 0.3) is 16.5 Å². The standard InChI is InChI=1S/C16H17BrN2/c1-5-14(17)9-15(11(2)3)12-6-7-16-13(8-12)10-18-19(16)4/h5-10H,1H2,2-4H3/b14-9+. The number of halogens is 1. The fourth-order valence-electron chi connectivity index (χ4n) is 2.04. The van der Waals surface area contributed by atoms with Crippen molar-refractivity contribution in [2.45, 2.75) is 13.8 Å². The maximum atomic E-state index is 4.28. The van der Waals surface area contributed by atoms with Gasteiger partial charge in [-0.3, -0.25) is 4.68 Å². The van der Waals surface area contributed by atoms with Crippen LogP contribution >= 0.6 is 15.9 Å². The first-order valence-electron chi connectivity index (χ1n) is 6.12. The summed E-state index contributed by atoms with van der Waals surface area (Å²) < 4.78 is 2.87. The lowest BCUT2D eigenvalue weighted by Crippen LogP contribution is -1.89. The first kappa shape index (κ1) is 13.8. The molecule has 19 heavy (non-hydrogen) atoms. The van der Waals surface area contributed by atoms with E-state index in [0.29, 0.717) is 0 Å². The number of nitrogens with zero attached hydrogens (tertiary/aromatic N) is 2. The summed E-state index contributed by atoms with van der Waals surface area (Å²) in [5.41, 5.74) is 4.81. The maximum absolute atomic E-state index is 4.28. The second kappa shape index (κ2) is 5.57. The molecule has 1 aromatic heterocycles. The van der Waals surface area contributed by atoms with E-state index >= 15 is 0 Å². The molecule has 0 N–H and O–H groups in total. The minimum Gasteiger partial charge on any atom is -0.268 e. The van der Waals surface area contributed by atoms with Gasteiger partial charge in [-0.25, -0.2) is 0 Å². The molecule has 0 saturated heterocycles. The van der Waals surface area contributed by atoms with Crippen molar-refractivity contribution in [1.82, 2.24) is 9.78 Å². The van der Waals surface area contributed by atoms with Gasteiger partial charge in [-0.2, -0.15) is 5.10 Å². The van der Waals surface area contributed by atoms with Gasteiger partial charge in [-0.05, 0) is 43.2 Å². The number of fused-ring (bicyclic) bond motifs is 1. The molecule has 1 heterocycles. The zero-order chi connectivity index (χ0) is 14.0. The molecule has 3 heteroatoms. The van der Waals surface area contributed by atoms with Crippen molar-refractivity contribution in [3.63, 3.8) is 0 Å². The van der Waals surface area contributed by atoms with Crippen LogP contribution < -0.4 is 0 Å². The van der Waals surface area contributed by atoms with Crippen LogP contribution in [-0.4, -0.2) is 9.78 Å². The molecule has 0 saturated carbocycles. The highest BCUT2D eigenvalue weighted by molar-refractivity contribution is 9.11. The Balaban J connectivity index is 2.58. The van der Waals surface area contributed by atoms with E-state index in [9.17, 15) is 0 Å². The Hall–Kier alpha value is -1.61. The van der Waals surface area contributed by atoms with Crippen molar-refractivity contribution in [1.29, 1.82) is 0 Å². The predicted molar refractivity (Wildman–Crippen MR) is 86.2 cm³/mol. The second-order valence-electron chi connectivity index (χ2n) is 4.69. The molecule has 0 amide bonds. The zero-order valence-electron chi connectivity index (χ0n) is 11.4. The summed E-state index contributed by atoms with van der Waals surface area (Å²) in [5.74, 6) is 0. The van der Waals surface area contributed by atoms with E-state index < -0.39 is 0 Å². The highest BCUT2D eigenvalue weighted by Crippen LogP contribution is 2.26. The van der Waals surface area contributed by atoms with Crippen molar-refractivity contribution < 1.29 is 0 Å². The smallest absolute Gasteiger partial charge is 0.0679 e. The summed E-state index contributed by atoms with van der Waals surface area (Å²) in [4.78, 5) is 0. The molecule has 2 aromatic rings. The molecule has 0 aliphatic rings. The van der Waals surface area contributed by atoms with Gasteiger partial charge in [-0.15, -0.1) is 0 Å². The van der Waals surface area contributed by atoms with Crippen LogP contribution in [0.15, 0.2) is 53.2 Å². The van der Waals surface area contributed by atoms with Crippen molar-refractivity contribution in [2.24, 2.45) is 7.05 Å². The van der Waals surface area contributed by atoms with Crippen LogP contribution in [0.3, 0.4) is 0 Å². The minimum atomic E-state index is 0.981. The average Bonchev–Trinajstić information content (AvgIpc) is 2.76.